The maximum absolute atomic E-state index is 9.88. The van der Waals surface area contributed by atoms with E-state index in [1.807, 2.05) is 0 Å². The van der Waals surface area contributed by atoms with E-state index in [2.05, 4.69) is 46.7 Å². The summed E-state index contributed by atoms with van der Waals surface area (Å²) in [7, 11) is 0. The second kappa shape index (κ2) is 4.85. The van der Waals surface area contributed by atoms with Crippen LogP contribution < -0.4 is 5.32 Å². The summed E-state index contributed by atoms with van der Waals surface area (Å²) in [4.78, 5) is 0. The Bertz CT molecular complexity index is 517. The van der Waals surface area contributed by atoms with Crippen LogP contribution in [-0.2, 0) is 0 Å². The van der Waals surface area contributed by atoms with Gasteiger partial charge in [-0.25, -0.2) is 0 Å². The lowest BCUT2D eigenvalue weighted by Gasteiger charge is -2.22. The standard InChI is InChI=1S/C11H18N6O/c1-11(2,3)6-8(18)7-12-9-4-5-10-13-15-16-17(10)14-9/h4-5,8,18H,6-7H2,1-3H3,(H,12,14). The van der Waals surface area contributed by atoms with Gasteiger partial charge in [-0.1, -0.05) is 20.8 Å². The highest BCUT2D eigenvalue weighted by Gasteiger charge is 2.16. The van der Waals surface area contributed by atoms with Crippen molar-refractivity contribution in [2.45, 2.75) is 33.3 Å². The summed E-state index contributed by atoms with van der Waals surface area (Å²) < 4.78 is 1.35. The number of anilines is 1. The minimum Gasteiger partial charge on any atom is -0.391 e. The van der Waals surface area contributed by atoms with E-state index in [4.69, 9.17) is 0 Å². The topological polar surface area (TPSA) is 88.2 Å². The highest BCUT2D eigenvalue weighted by Crippen LogP contribution is 2.20. The lowest BCUT2D eigenvalue weighted by atomic mass is 9.89. The Morgan fingerprint density at radius 1 is 1.39 bits per heavy atom. The average molecular weight is 250 g/mol. The van der Waals surface area contributed by atoms with E-state index in [1.165, 1.54) is 4.63 Å². The Kier molecular flexibility index (Phi) is 3.42. The summed E-state index contributed by atoms with van der Waals surface area (Å²) in [6, 6.07) is 3.56. The Labute approximate surface area is 105 Å². The first-order valence-corrected chi connectivity index (χ1v) is 5.91. The molecule has 0 saturated heterocycles. The zero-order valence-electron chi connectivity index (χ0n) is 10.8. The van der Waals surface area contributed by atoms with Crippen molar-refractivity contribution in [1.82, 2.24) is 25.3 Å². The number of nitrogens with one attached hydrogen (secondary N) is 1. The minimum atomic E-state index is -0.406. The van der Waals surface area contributed by atoms with E-state index in [0.717, 1.165) is 6.42 Å². The van der Waals surface area contributed by atoms with Crippen LogP contribution in [0.2, 0.25) is 0 Å². The van der Waals surface area contributed by atoms with Crippen molar-refractivity contribution in [2.24, 2.45) is 5.41 Å². The molecule has 0 fully saturated rings. The van der Waals surface area contributed by atoms with Crippen molar-refractivity contribution in [2.75, 3.05) is 11.9 Å². The molecule has 0 aromatic carbocycles. The van der Waals surface area contributed by atoms with Gasteiger partial charge in [0.2, 0.25) is 0 Å². The molecule has 0 bridgehead atoms. The van der Waals surface area contributed by atoms with Gasteiger partial charge < -0.3 is 10.4 Å². The van der Waals surface area contributed by atoms with Gasteiger partial charge in [-0.3, -0.25) is 0 Å². The molecule has 2 rings (SSSR count). The van der Waals surface area contributed by atoms with E-state index >= 15 is 0 Å². The quantitative estimate of drug-likeness (QED) is 0.831. The third-order valence-corrected chi connectivity index (χ3v) is 2.44. The summed E-state index contributed by atoms with van der Waals surface area (Å²) in [5.41, 5.74) is 0.699. The molecule has 7 nitrogen and oxygen atoms in total. The largest absolute Gasteiger partial charge is 0.391 e. The first-order valence-electron chi connectivity index (χ1n) is 5.91. The van der Waals surface area contributed by atoms with Crippen LogP contribution in [-0.4, -0.2) is 43.0 Å². The summed E-state index contributed by atoms with van der Waals surface area (Å²) in [6.07, 6.45) is 0.323. The van der Waals surface area contributed by atoms with E-state index < -0.39 is 6.10 Å². The SMILES string of the molecule is CC(C)(C)CC(O)CNc1ccc2nnnn2n1. The highest BCUT2D eigenvalue weighted by atomic mass is 16.3. The molecular formula is C11H18N6O. The normalized spacial score (nSPS) is 13.8. The van der Waals surface area contributed by atoms with Gasteiger partial charge in [-0.05, 0) is 34.4 Å². The van der Waals surface area contributed by atoms with Gasteiger partial charge in [0, 0.05) is 6.54 Å². The monoisotopic (exact) mass is 250 g/mol. The van der Waals surface area contributed by atoms with Crippen LogP contribution in [0, 0.1) is 5.41 Å². The molecule has 18 heavy (non-hydrogen) atoms. The second-order valence-corrected chi connectivity index (χ2v) is 5.54. The van der Waals surface area contributed by atoms with Crippen molar-refractivity contribution >= 4 is 11.5 Å². The number of tetrazole rings is 1. The predicted octanol–water partition coefficient (Wildman–Crippen LogP) is 0.728. The first kappa shape index (κ1) is 12.7. The number of fused-ring (bicyclic) bond motifs is 1. The van der Waals surface area contributed by atoms with Crippen LogP contribution in [0.25, 0.3) is 5.65 Å². The number of aliphatic hydroxyl groups excluding tert-OH is 1. The zero-order chi connectivity index (χ0) is 13.2. The van der Waals surface area contributed by atoms with Gasteiger partial charge in [0.15, 0.2) is 5.65 Å². The molecule has 0 radical (unpaired) electrons. The molecule has 1 atom stereocenters. The van der Waals surface area contributed by atoms with Crippen molar-refractivity contribution in [1.29, 1.82) is 0 Å². The molecule has 0 aliphatic carbocycles. The number of aliphatic hydroxyl groups is 1. The fraction of sp³-hybridized carbons (Fsp3) is 0.636. The summed E-state index contributed by atoms with van der Waals surface area (Å²) in [5, 5.41) is 28.1. The Morgan fingerprint density at radius 3 is 2.89 bits per heavy atom. The lowest BCUT2D eigenvalue weighted by molar-refractivity contribution is 0.132. The van der Waals surface area contributed by atoms with Gasteiger partial charge in [0.1, 0.15) is 5.82 Å². The summed E-state index contributed by atoms with van der Waals surface area (Å²) >= 11 is 0. The van der Waals surface area contributed by atoms with Crippen LogP contribution in [0.15, 0.2) is 12.1 Å². The third-order valence-electron chi connectivity index (χ3n) is 2.44. The summed E-state index contributed by atoms with van der Waals surface area (Å²) in [5.74, 6) is 0.641. The Hall–Kier alpha value is -1.76. The maximum Gasteiger partial charge on any atom is 0.200 e. The van der Waals surface area contributed by atoms with Gasteiger partial charge in [0.25, 0.3) is 0 Å². The predicted molar refractivity (Wildman–Crippen MR) is 67.1 cm³/mol. The fourth-order valence-corrected chi connectivity index (χ4v) is 1.75. The molecule has 0 spiro atoms. The maximum atomic E-state index is 9.88. The number of hydrogen-bond acceptors (Lipinski definition) is 6. The van der Waals surface area contributed by atoms with Crippen LogP contribution in [0.1, 0.15) is 27.2 Å². The molecule has 98 valence electrons. The number of nitrogens with zero attached hydrogens (tertiary/aromatic N) is 5. The molecule has 0 amide bonds. The van der Waals surface area contributed by atoms with Gasteiger partial charge in [0.05, 0.1) is 6.10 Å². The Balaban J connectivity index is 1.93. The van der Waals surface area contributed by atoms with Crippen molar-refractivity contribution in [3.05, 3.63) is 12.1 Å². The smallest absolute Gasteiger partial charge is 0.200 e. The minimum absolute atomic E-state index is 0.105. The molecular weight excluding hydrogens is 232 g/mol. The summed E-state index contributed by atoms with van der Waals surface area (Å²) in [6.45, 7) is 6.75. The average Bonchev–Trinajstić information content (AvgIpc) is 2.71. The molecule has 2 aromatic rings. The molecule has 0 aliphatic rings. The van der Waals surface area contributed by atoms with E-state index in [1.54, 1.807) is 12.1 Å². The number of aromatic nitrogens is 5. The molecule has 1 unspecified atom stereocenters. The second-order valence-electron chi connectivity index (χ2n) is 5.54. The van der Waals surface area contributed by atoms with Crippen molar-refractivity contribution in [3.63, 3.8) is 0 Å². The highest BCUT2D eigenvalue weighted by molar-refractivity contribution is 5.42. The van der Waals surface area contributed by atoms with Gasteiger partial charge >= 0.3 is 0 Å². The molecule has 2 heterocycles. The van der Waals surface area contributed by atoms with Crippen LogP contribution in [0.3, 0.4) is 0 Å². The van der Waals surface area contributed by atoms with Crippen LogP contribution in [0.4, 0.5) is 5.82 Å². The number of rotatable bonds is 4. The lowest BCUT2D eigenvalue weighted by Crippen LogP contribution is -2.25. The van der Waals surface area contributed by atoms with E-state index in [0.29, 0.717) is 18.0 Å². The first-order chi connectivity index (χ1) is 8.44. The van der Waals surface area contributed by atoms with Crippen LogP contribution >= 0.6 is 0 Å². The zero-order valence-corrected chi connectivity index (χ0v) is 10.8. The molecule has 7 heteroatoms. The molecule has 0 aliphatic heterocycles. The molecule has 2 N–H and O–H groups in total. The Morgan fingerprint density at radius 2 is 2.17 bits per heavy atom. The van der Waals surface area contributed by atoms with Crippen molar-refractivity contribution < 1.29 is 5.11 Å². The van der Waals surface area contributed by atoms with Gasteiger partial charge in [-0.15, -0.1) is 14.8 Å². The number of hydrogen-bond donors (Lipinski definition) is 2. The van der Waals surface area contributed by atoms with E-state index in [9.17, 15) is 5.11 Å². The molecule has 2 aromatic heterocycles. The fourth-order valence-electron chi connectivity index (χ4n) is 1.75. The molecule has 0 saturated carbocycles. The third kappa shape index (κ3) is 3.36. The van der Waals surface area contributed by atoms with Gasteiger partial charge in [-0.2, -0.15) is 0 Å². The van der Waals surface area contributed by atoms with E-state index in [-0.39, 0.29) is 5.41 Å². The van der Waals surface area contributed by atoms with Crippen molar-refractivity contribution in [3.8, 4) is 0 Å². The van der Waals surface area contributed by atoms with Crippen LogP contribution in [0.5, 0.6) is 0 Å².